The molecule has 8 heteroatoms. The lowest BCUT2D eigenvalue weighted by Crippen LogP contribution is -2.47. The molecule has 7 nitrogen and oxygen atoms in total. The lowest BCUT2D eigenvalue weighted by molar-refractivity contribution is -0.133. The second kappa shape index (κ2) is 8.55. The Bertz CT molecular complexity index is 999. The SMILES string of the molecule is COc1ccc2c(c1)CCCC21NC(=O)N(CN(C)CCOc2ccccc2F)C1=O. The predicted molar refractivity (Wildman–Crippen MR) is 112 cm³/mol. The van der Waals surface area contributed by atoms with Crippen LogP contribution in [0.4, 0.5) is 9.18 Å². The standard InChI is InChI=1S/C23H26FN3O4/c1-26(12-13-31-20-8-4-3-7-19(20)24)15-27-21(28)23(25-22(27)29)11-5-6-16-14-17(30-2)9-10-18(16)23/h3-4,7-10,14H,5-6,11-13,15H2,1-2H3,(H,25,29). The van der Waals surface area contributed by atoms with Crippen molar-refractivity contribution >= 4 is 11.9 Å². The summed E-state index contributed by atoms with van der Waals surface area (Å²) in [4.78, 5) is 29.2. The number of ether oxygens (including phenoxy) is 2. The smallest absolute Gasteiger partial charge is 0.326 e. The Balaban J connectivity index is 1.43. The van der Waals surface area contributed by atoms with Crippen LogP contribution in [0.5, 0.6) is 11.5 Å². The van der Waals surface area contributed by atoms with Gasteiger partial charge < -0.3 is 14.8 Å². The molecule has 4 rings (SSSR count). The molecule has 1 saturated heterocycles. The van der Waals surface area contributed by atoms with Crippen molar-refractivity contribution in [3.8, 4) is 11.5 Å². The molecule has 2 aliphatic rings. The van der Waals surface area contributed by atoms with Crippen LogP contribution in [-0.2, 0) is 16.8 Å². The zero-order chi connectivity index (χ0) is 22.0. The summed E-state index contributed by atoms with van der Waals surface area (Å²) in [6, 6.07) is 11.4. The monoisotopic (exact) mass is 427 g/mol. The molecule has 1 aliphatic heterocycles. The lowest BCUT2D eigenvalue weighted by Gasteiger charge is -2.33. The van der Waals surface area contributed by atoms with Gasteiger partial charge in [-0.25, -0.2) is 14.1 Å². The number of nitrogens with one attached hydrogen (secondary N) is 1. The maximum absolute atomic E-state index is 13.7. The summed E-state index contributed by atoms with van der Waals surface area (Å²) in [5.74, 6) is 0.248. The first kappa shape index (κ1) is 21.1. The number of benzene rings is 2. The van der Waals surface area contributed by atoms with Gasteiger partial charge in [0, 0.05) is 6.54 Å². The molecule has 1 aliphatic carbocycles. The number of methoxy groups -OCH3 is 1. The van der Waals surface area contributed by atoms with Crippen LogP contribution < -0.4 is 14.8 Å². The highest BCUT2D eigenvalue weighted by Crippen LogP contribution is 2.41. The van der Waals surface area contributed by atoms with Crippen molar-refractivity contribution in [3.63, 3.8) is 0 Å². The number of carbonyl (C=O) groups excluding carboxylic acids is 2. The number of fused-ring (bicyclic) bond motifs is 2. The molecule has 0 bridgehead atoms. The average Bonchev–Trinajstić information content (AvgIpc) is 2.99. The molecule has 1 N–H and O–H groups in total. The van der Waals surface area contributed by atoms with Crippen molar-refractivity contribution in [1.29, 1.82) is 0 Å². The fourth-order valence-corrected chi connectivity index (χ4v) is 4.29. The van der Waals surface area contributed by atoms with E-state index in [2.05, 4.69) is 5.32 Å². The van der Waals surface area contributed by atoms with E-state index < -0.39 is 17.4 Å². The van der Waals surface area contributed by atoms with E-state index in [9.17, 15) is 14.0 Å². The van der Waals surface area contributed by atoms with Crippen LogP contribution in [-0.4, -0.2) is 55.7 Å². The zero-order valence-electron chi connectivity index (χ0n) is 17.7. The van der Waals surface area contributed by atoms with Crippen LogP contribution in [0.2, 0.25) is 0 Å². The van der Waals surface area contributed by atoms with Crippen LogP contribution in [0.1, 0.15) is 24.0 Å². The van der Waals surface area contributed by atoms with Crippen LogP contribution in [0.25, 0.3) is 0 Å². The first-order valence-corrected chi connectivity index (χ1v) is 10.3. The number of hydrogen-bond donors (Lipinski definition) is 1. The van der Waals surface area contributed by atoms with Gasteiger partial charge in [0.2, 0.25) is 0 Å². The number of amides is 3. The van der Waals surface area contributed by atoms with Crippen molar-refractivity contribution in [3.05, 3.63) is 59.4 Å². The summed E-state index contributed by atoms with van der Waals surface area (Å²) < 4.78 is 24.4. The molecule has 2 aromatic rings. The van der Waals surface area contributed by atoms with Gasteiger partial charge >= 0.3 is 6.03 Å². The van der Waals surface area contributed by atoms with Gasteiger partial charge in [-0.05, 0) is 61.7 Å². The summed E-state index contributed by atoms with van der Waals surface area (Å²) in [5, 5.41) is 2.95. The van der Waals surface area contributed by atoms with Crippen LogP contribution in [0.3, 0.4) is 0 Å². The molecule has 31 heavy (non-hydrogen) atoms. The van der Waals surface area contributed by atoms with E-state index in [1.165, 1.54) is 11.0 Å². The van der Waals surface area contributed by atoms with E-state index in [1.54, 1.807) is 37.3 Å². The maximum Gasteiger partial charge on any atom is 0.326 e. The quantitative estimate of drug-likeness (QED) is 0.688. The summed E-state index contributed by atoms with van der Waals surface area (Å²) in [6.07, 6.45) is 2.20. The van der Waals surface area contributed by atoms with E-state index in [4.69, 9.17) is 9.47 Å². The van der Waals surface area contributed by atoms with Gasteiger partial charge in [-0.3, -0.25) is 9.69 Å². The summed E-state index contributed by atoms with van der Waals surface area (Å²) in [7, 11) is 3.40. The molecule has 1 heterocycles. The van der Waals surface area contributed by atoms with Gasteiger partial charge in [0.15, 0.2) is 11.6 Å². The molecule has 0 saturated carbocycles. The largest absolute Gasteiger partial charge is 0.497 e. The van der Waals surface area contributed by atoms with Crippen molar-refractivity contribution < 1.29 is 23.5 Å². The topological polar surface area (TPSA) is 71.1 Å². The third kappa shape index (κ3) is 3.95. The molecule has 3 amide bonds. The predicted octanol–water partition coefficient (Wildman–Crippen LogP) is 2.89. The highest BCUT2D eigenvalue weighted by molar-refractivity contribution is 6.07. The first-order valence-electron chi connectivity index (χ1n) is 10.3. The number of imide groups is 1. The summed E-state index contributed by atoms with van der Waals surface area (Å²) >= 11 is 0. The molecule has 1 unspecified atom stereocenters. The van der Waals surface area contributed by atoms with Gasteiger partial charge in [0.25, 0.3) is 5.91 Å². The molecule has 1 fully saturated rings. The van der Waals surface area contributed by atoms with Crippen LogP contribution >= 0.6 is 0 Å². The molecular formula is C23H26FN3O4. The lowest BCUT2D eigenvalue weighted by atomic mass is 9.76. The van der Waals surface area contributed by atoms with Gasteiger partial charge in [-0.2, -0.15) is 0 Å². The van der Waals surface area contributed by atoms with Crippen molar-refractivity contribution in [2.24, 2.45) is 0 Å². The zero-order valence-corrected chi connectivity index (χ0v) is 17.7. The van der Waals surface area contributed by atoms with Gasteiger partial charge in [-0.15, -0.1) is 0 Å². The highest BCUT2D eigenvalue weighted by Gasteiger charge is 2.54. The van der Waals surface area contributed by atoms with Crippen molar-refractivity contribution in [2.75, 3.05) is 34.0 Å². The van der Waals surface area contributed by atoms with Crippen molar-refractivity contribution in [1.82, 2.24) is 15.1 Å². The minimum atomic E-state index is -1.03. The van der Waals surface area contributed by atoms with E-state index in [-0.39, 0.29) is 24.9 Å². The molecule has 1 spiro atoms. The Morgan fingerprint density at radius 2 is 2.03 bits per heavy atom. The fourth-order valence-electron chi connectivity index (χ4n) is 4.29. The molecule has 1 atom stereocenters. The fraction of sp³-hybridized carbons (Fsp3) is 0.391. The minimum absolute atomic E-state index is 0.124. The third-order valence-electron chi connectivity index (χ3n) is 5.90. The average molecular weight is 427 g/mol. The maximum atomic E-state index is 13.7. The second-order valence-corrected chi connectivity index (χ2v) is 7.95. The Kier molecular flexibility index (Phi) is 5.82. The Hall–Kier alpha value is -3.13. The Morgan fingerprint density at radius 1 is 1.23 bits per heavy atom. The Labute approximate surface area is 180 Å². The molecule has 0 radical (unpaired) electrons. The highest BCUT2D eigenvalue weighted by atomic mass is 19.1. The third-order valence-corrected chi connectivity index (χ3v) is 5.90. The molecule has 0 aromatic heterocycles. The molecule has 164 valence electrons. The number of rotatable bonds is 7. The minimum Gasteiger partial charge on any atom is -0.497 e. The van der Waals surface area contributed by atoms with Crippen molar-refractivity contribution in [2.45, 2.75) is 24.8 Å². The van der Waals surface area contributed by atoms with E-state index in [0.717, 1.165) is 29.7 Å². The number of carbonyl (C=O) groups is 2. The first-order chi connectivity index (χ1) is 14.9. The number of halogens is 1. The number of likely N-dealkylation sites (N-methyl/N-ethyl adjacent to an activating group) is 1. The number of para-hydroxylation sites is 1. The van der Waals surface area contributed by atoms with Crippen LogP contribution in [0.15, 0.2) is 42.5 Å². The van der Waals surface area contributed by atoms with E-state index >= 15 is 0 Å². The van der Waals surface area contributed by atoms with E-state index in [0.29, 0.717) is 13.0 Å². The summed E-state index contributed by atoms with van der Waals surface area (Å²) in [5.41, 5.74) is 0.834. The molecule has 2 aromatic carbocycles. The number of aryl methyl sites for hydroxylation is 1. The van der Waals surface area contributed by atoms with Gasteiger partial charge in [0.1, 0.15) is 17.9 Å². The summed E-state index contributed by atoms with van der Waals surface area (Å²) in [6.45, 7) is 0.777. The Morgan fingerprint density at radius 3 is 2.81 bits per heavy atom. The van der Waals surface area contributed by atoms with Gasteiger partial charge in [-0.1, -0.05) is 18.2 Å². The number of urea groups is 1. The number of nitrogens with zero attached hydrogens (tertiary/aromatic N) is 2. The van der Waals surface area contributed by atoms with Crippen LogP contribution in [0, 0.1) is 5.82 Å². The molecular weight excluding hydrogens is 401 g/mol. The number of hydrogen-bond acceptors (Lipinski definition) is 5. The normalized spacial score (nSPS) is 20.2. The second-order valence-electron chi connectivity index (χ2n) is 7.95. The van der Waals surface area contributed by atoms with Gasteiger partial charge in [0.05, 0.1) is 13.8 Å². The van der Waals surface area contributed by atoms with E-state index in [1.807, 2.05) is 18.2 Å².